The summed E-state index contributed by atoms with van der Waals surface area (Å²) in [4.78, 5) is 17.5. The molecule has 24 heavy (non-hydrogen) atoms. The Bertz CT molecular complexity index is 978. The van der Waals surface area contributed by atoms with Crippen molar-refractivity contribution in [3.8, 4) is 0 Å². The SMILES string of the molecule is CC(C)c1nc2ccc(Br)cc2c(=O)n1N=Cc1ccc(Cl)cc1. The second-order valence-corrected chi connectivity index (χ2v) is 7.05. The van der Waals surface area contributed by atoms with Gasteiger partial charge in [-0.05, 0) is 35.9 Å². The summed E-state index contributed by atoms with van der Waals surface area (Å²) in [6, 6.07) is 12.7. The molecule has 3 rings (SSSR count). The quantitative estimate of drug-likeness (QED) is 0.588. The zero-order valence-electron chi connectivity index (χ0n) is 13.2. The van der Waals surface area contributed by atoms with Crippen molar-refractivity contribution < 1.29 is 0 Å². The maximum absolute atomic E-state index is 12.8. The van der Waals surface area contributed by atoms with Crippen LogP contribution in [-0.4, -0.2) is 15.9 Å². The maximum Gasteiger partial charge on any atom is 0.282 e. The monoisotopic (exact) mass is 403 g/mol. The summed E-state index contributed by atoms with van der Waals surface area (Å²) in [5, 5.41) is 5.55. The predicted molar refractivity (Wildman–Crippen MR) is 102 cm³/mol. The molecule has 2 aromatic carbocycles. The Balaban J connectivity index is 2.17. The molecular formula is C18H15BrClN3O. The first-order valence-corrected chi connectivity index (χ1v) is 8.65. The van der Waals surface area contributed by atoms with Crippen LogP contribution >= 0.6 is 27.5 Å². The van der Waals surface area contributed by atoms with Gasteiger partial charge in [0, 0.05) is 15.4 Å². The molecule has 0 aliphatic heterocycles. The Morgan fingerprint density at radius 3 is 2.58 bits per heavy atom. The van der Waals surface area contributed by atoms with Gasteiger partial charge >= 0.3 is 0 Å². The van der Waals surface area contributed by atoms with Crippen molar-refractivity contribution in [2.24, 2.45) is 5.10 Å². The average Bonchev–Trinajstić information content (AvgIpc) is 2.55. The fourth-order valence-electron chi connectivity index (χ4n) is 2.32. The highest BCUT2D eigenvalue weighted by Crippen LogP contribution is 2.19. The van der Waals surface area contributed by atoms with Gasteiger partial charge in [-0.2, -0.15) is 9.78 Å². The summed E-state index contributed by atoms with van der Waals surface area (Å²) in [5.74, 6) is 0.688. The van der Waals surface area contributed by atoms with Crippen molar-refractivity contribution in [3.63, 3.8) is 0 Å². The summed E-state index contributed by atoms with van der Waals surface area (Å²) < 4.78 is 2.20. The second-order valence-electron chi connectivity index (χ2n) is 5.70. The van der Waals surface area contributed by atoms with Crippen molar-refractivity contribution in [1.29, 1.82) is 0 Å². The van der Waals surface area contributed by atoms with Gasteiger partial charge in [-0.25, -0.2) is 4.98 Å². The summed E-state index contributed by atoms with van der Waals surface area (Å²) in [6.07, 6.45) is 1.63. The van der Waals surface area contributed by atoms with Crippen LogP contribution < -0.4 is 5.56 Å². The molecule has 1 heterocycles. The molecule has 4 nitrogen and oxygen atoms in total. The van der Waals surface area contributed by atoms with Gasteiger partial charge in [0.25, 0.3) is 5.56 Å². The fourth-order valence-corrected chi connectivity index (χ4v) is 2.81. The second kappa shape index (κ2) is 6.87. The molecule has 0 fully saturated rings. The molecule has 0 N–H and O–H groups in total. The lowest BCUT2D eigenvalue weighted by Crippen LogP contribution is -2.23. The van der Waals surface area contributed by atoms with Crippen LogP contribution in [0.4, 0.5) is 0 Å². The third-order valence-electron chi connectivity index (χ3n) is 3.54. The molecule has 1 aromatic heterocycles. The smallest absolute Gasteiger partial charge is 0.267 e. The van der Waals surface area contributed by atoms with Crippen LogP contribution in [0.3, 0.4) is 0 Å². The van der Waals surface area contributed by atoms with Crippen molar-refractivity contribution in [3.05, 3.63) is 73.7 Å². The normalized spacial score (nSPS) is 11.7. The van der Waals surface area contributed by atoms with Gasteiger partial charge < -0.3 is 0 Å². The highest BCUT2D eigenvalue weighted by molar-refractivity contribution is 9.10. The highest BCUT2D eigenvalue weighted by Gasteiger charge is 2.13. The van der Waals surface area contributed by atoms with E-state index in [2.05, 4.69) is 26.0 Å². The Morgan fingerprint density at radius 1 is 1.21 bits per heavy atom. The Hall–Kier alpha value is -1.98. The summed E-state index contributed by atoms with van der Waals surface area (Å²) in [7, 11) is 0. The van der Waals surface area contributed by atoms with Crippen LogP contribution in [0.2, 0.25) is 5.02 Å². The van der Waals surface area contributed by atoms with E-state index in [1.807, 2.05) is 38.1 Å². The molecule has 0 atom stereocenters. The molecule has 122 valence electrons. The van der Waals surface area contributed by atoms with Gasteiger partial charge in [-0.15, -0.1) is 0 Å². The van der Waals surface area contributed by atoms with Gasteiger partial charge in [0.2, 0.25) is 0 Å². The minimum Gasteiger partial charge on any atom is -0.267 e. The minimum absolute atomic E-state index is 0.0631. The molecule has 0 bridgehead atoms. The molecule has 0 aliphatic rings. The van der Waals surface area contributed by atoms with Gasteiger partial charge in [0.15, 0.2) is 0 Å². The van der Waals surface area contributed by atoms with E-state index in [1.165, 1.54) is 4.68 Å². The van der Waals surface area contributed by atoms with Crippen molar-refractivity contribution in [2.75, 3.05) is 0 Å². The molecule has 0 amide bonds. The van der Waals surface area contributed by atoms with Crippen molar-refractivity contribution in [1.82, 2.24) is 9.66 Å². The molecule has 6 heteroatoms. The number of fused-ring (bicyclic) bond motifs is 1. The van der Waals surface area contributed by atoms with Gasteiger partial charge in [0.05, 0.1) is 17.1 Å². The zero-order valence-corrected chi connectivity index (χ0v) is 15.5. The lowest BCUT2D eigenvalue weighted by molar-refractivity contribution is 0.665. The Labute approximate surface area is 152 Å². The predicted octanol–water partition coefficient (Wildman–Crippen LogP) is 4.82. The Kier molecular flexibility index (Phi) is 4.83. The van der Waals surface area contributed by atoms with E-state index in [-0.39, 0.29) is 11.5 Å². The van der Waals surface area contributed by atoms with E-state index in [9.17, 15) is 4.79 Å². The lowest BCUT2D eigenvalue weighted by atomic mass is 10.2. The summed E-state index contributed by atoms with van der Waals surface area (Å²) in [6.45, 7) is 3.97. The molecule has 0 saturated heterocycles. The van der Waals surface area contributed by atoms with Crippen LogP contribution in [0.5, 0.6) is 0 Å². The van der Waals surface area contributed by atoms with E-state index in [0.29, 0.717) is 21.7 Å². The van der Waals surface area contributed by atoms with Crippen molar-refractivity contribution >= 4 is 44.6 Å². The van der Waals surface area contributed by atoms with Crippen LogP contribution in [0, 0.1) is 0 Å². The zero-order chi connectivity index (χ0) is 17.3. The third kappa shape index (κ3) is 3.42. The molecule has 0 spiro atoms. The molecule has 0 saturated carbocycles. The van der Waals surface area contributed by atoms with Crippen LogP contribution in [0.1, 0.15) is 31.2 Å². The van der Waals surface area contributed by atoms with Gasteiger partial charge in [-0.3, -0.25) is 4.79 Å². The van der Waals surface area contributed by atoms with Gasteiger partial charge in [0.1, 0.15) is 5.82 Å². The molecule has 0 aliphatic carbocycles. The number of hydrogen-bond acceptors (Lipinski definition) is 3. The highest BCUT2D eigenvalue weighted by atomic mass is 79.9. The van der Waals surface area contributed by atoms with E-state index < -0.39 is 0 Å². The molecule has 0 radical (unpaired) electrons. The number of hydrogen-bond donors (Lipinski definition) is 0. The first-order valence-electron chi connectivity index (χ1n) is 7.48. The largest absolute Gasteiger partial charge is 0.282 e. The van der Waals surface area contributed by atoms with Crippen LogP contribution in [0.15, 0.2) is 56.8 Å². The minimum atomic E-state index is -0.185. The topological polar surface area (TPSA) is 47.2 Å². The maximum atomic E-state index is 12.8. The average molecular weight is 405 g/mol. The number of benzene rings is 2. The van der Waals surface area contributed by atoms with E-state index in [0.717, 1.165) is 10.0 Å². The fraction of sp³-hybridized carbons (Fsp3) is 0.167. The van der Waals surface area contributed by atoms with Crippen LogP contribution in [-0.2, 0) is 0 Å². The standard InChI is InChI=1S/C18H15BrClN3O/c1-11(2)17-22-16-8-5-13(19)9-15(16)18(24)23(17)21-10-12-3-6-14(20)7-4-12/h3-11H,1-2H3. The molecular weight excluding hydrogens is 390 g/mol. The van der Waals surface area contributed by atoms with Crippen LogP contribution in [0.25, 0.3) is 10.9 Å². The number of nitrogens with zero attached hydrogens (tertiary/aromatic N) is 3. The molecule has 0 unspecified atom stereocenters. The number of halogens is 2. The first-order chi connectivity index (χ1) is 11.5. The van der Waals surface area contributed by atoms with Gasteiger partial charge in [-0.1, -0.05) is 53.5 Å². The van der Waals surface area contributed by atoms with Crippen molar-refractivity contribution in [2.45, 2.75) is 19.8 Å². The number of rotatable bonds is 3. The van der Waals surface area contributed by atoms with E-state index >= 15 is 0 Å². The summed E-state index contributed by atoms with van der Waals surface area (Å²) >= 11 is 9.28. The van der Waals surface area contributed by atoms with E-state index in [4.69, 9.17) is 11.6 Å². The summed E-state index contributed by atoms with van der Waals surface area (Å²) in [5.41, 5.74) is 1.34. The molecule has 3 aromatic rings. The number of aromatic nitrogens is 2. The Morgan fingerprint density at radius 2 is 1.92 bits per heavy atom. The van der Waals surface area contributed by atoms with E-state index in [1.54, 1.807) is 24.4 Å². The third-order valence-corrected chi connectivity index (χ3v) is 4.29. The lowest BCUT2D eigenvalue weighted by Gasteiger charge is -2.11. The first kappa shape index (κ1) is 16.9.